The molecule has 0 saturated heterocycles. The van der Waals surface area contributed by atoms with Gasteiger partial charge in [0.1, 0.15) is 0 Å². The molecule has 1 aromatic rings. The zero-order chi connectivity index (χ0) is 14.8. The Morgan fingerprint density at radius 1 is 1.33 bits per heavy atom. The maximum atomic E-state index is 5.16. The molecule has 0 bridgehead atoms. The second-order valence-electron chi connectivity index (χ2n) is 4.93. The third kappa shape index (κ3) is 7.66. The van der Waals surface area contributed by atoms with Gasteiger partial charge in [-0.2, -0.15) is 0 Å². The van der Waals surface area contributed by atoms with Gasteiger partial charge in [0.15, 0.2) is 5.96 Å². The van der Waals surface area contributed by atoms with Crippen molar-refractivity contribution >= 4 is 29.9 Å². The standard InChI is InChI=1S/C16H27N3O.HI/c1-5-6-10-19(3)16(17-2)18-12-14-8-7-9-15(11-14)13-20-4;/h7-9,11H,5-6,10,12-13H2,1-4H3,(H,17,18);1H. The van der Waals surface area contributed by atoms with Gasteiger partial charge in [-0.1, -0.05) is 37.6 Å². The van der Waals surface area contributed by atoms with E-state index in [0.29, 0.717) is 6.61 Å². The van der Waals surface area contributed by atoms with E-state index in [1.807, 2.05) is 7.05 Å². The fourth-order valence-corrected chi connectivity index (χ4v) is 2.06. The number of ether oxygens (including phenoxy) is 1. The Morgan fingerprint density at radius 3 is 2.67 bits per heavy atom. The summed E-state index contributed by atoms with van der Waals surface area (Å²) in [5.74, 6) is 0.940. The van der Waals surface area contributed by atoms with Crippen molar-refractivity contribution in [2.45, 2.75) is 32.9 Å². The molecule has 1 N–H and O–H groups in total. The molecule has 0 fully saturated rings. The number of methoxy groups -OCH3 is 1. The third-order valence-electron chi connectivity index (χ3n) is 3.17. The number of hydrogen-bond donors (Lipinski definition) is 1. The summed E-state index contributed by atoms with van der Waals surface area (Å²) in [4.78, 5) is 6.49. The Morgan fingerprint density at radius 2 is 2.05 bits per heavy atom. The molecule has 0 unspecified atom stereocenters. The van der Waals surface area contributed by atoms with Crippen molar-refractivity contribution < 1.29 is 4.74 Å². The number of nitrogens with one attached hydrogen (secondary N) is 1. The molecule has 0 aromatic heterocycles. The summed E-state index contributed by atoms with van der Waals surface area (Å²) in [6, 6.07) is 8.42. The summed E-state index contributed by atoms with van der Waals surface area (Å²) in [5, 5.41) is 3.40. The number of nitrogens with zero attached hydrogens (tertiary/aromatic N) is 2. The van der Waals surface area contributed by atoms with Crippen LogP contribution in [0.2, 0.25) is 0 Å². The van der Waals surface area contributed by atoms with Gasteiger partial charge in [0.2, 0.25) is 0 Å². The van der Waals surface area contributed by atoms with Crippen LogP contribution in [0.5, 0.6) is 0 Å². The molecule has 0 atom stereocenters. The fourth-order valence-electron chi connectivity index (χ4n) is 2.06. The minimum atomic E-state index is 0. The van der Waals surface area contributed by atoms with E-state index in [4.69, 9.17) is 4.74 Å². The predicted molar refractivity (Wildman–Crippen MR) is 100 cm³/mol. The van der Waals surface area contributed by atoms with Gasteiger partial charge in [-0.25, -0.2) is 0 Å². The number of rotatable bonds is 7. The highest BCUT2D eigenvalue weighted by atomic mass is 127. The predicted octanol–water partition coefficient (Wildman–Crippen LogP) is 3.26. The van der Waals surface area contributed by atoms with Crippen LogP contribution in [0.4, 0.5) is 0 Å². The molecule has 0 aliphatic heterocycles. The monoisotopic (exact) mass is 405 g/mol. The first-order valence-electron chi connectivity index (χ1n) is 7.19. The molecule has 0 radical (unpaired) electrons. The number of halogens is 1. The maximum absolute atomic E-state index is 5.16. The van der Waals surface area contributed by atoms with Crippen LogP contribution in [0.15, 0.2) is 29.3 Å². The second-order valence-corrected chi connectivity index (χ2v) is 4.93. The molecule has 0 saturated carbocycles. The highest BCUT2D eigenvalue weighted by Gasteiger charge is 2.05. The summed E-state index contributed by atoms with van der Waals surface area (Å²) in [6.07, 6.45) is 2.38. The molecule has 0 heterocycles. The minimum Gasteiger partial charge on any atom is -0.380 e. The van der Waals surface area contributed by atoms with Crippen molar-refractivity contribution in [3.05, 3.63) is 35.4 Å². The fraction of sp³-hybridized carbons (Fsp3) is 0.562. The van der Waals surface area contributed by atoms with Crippen molar-refractivity contribution in [2.24, 2.45) is 4.99 Å². The summed E-state index contributed by atoms with van der Waals surface area (Å²) in [7, 11) is 5.62. The molecule has 0 aliphatic carbocycles. The second kappa shape index (κ2) is 11.8. The normalized spacial score (nSPS) is 11.0. The van der Waals surface area contributed by atoms with E-state index in [1.54, 1.807) is 7.11 Å². The summed E-state index contributed by atoms with van der Waals surface area (Å²) in [5.41, 5.74) is 2.44. The van der Waals surface area contributed by atoms with E-state index in [2.05, 4.69) is 53.4 Å². The lowest BCUT2D eigenvalue weighted by atomic mass is 10.1. The van der Waals surface area contributed by atoms with E-state index >= 15 is 0 Å². The van der Waals surface area contributed by atoms with Crippen molar-refractivity contribution in [1.82, 2.24) is 10.2 Å². The molecular formula is C16H28IN3O. The zero-order valence-corrected chi connectivity index (χ0v) is 15.9. The van der Waals surface area contributed by atoms with Crippen LogP contribution in [-0.2, 0) is 17.9 Å². The van der Waals surface area contributed by atoms with Crippen LogP contribution in [0.3, 0.4) is 0 Å². The first kappa shape index (κ1) is 20.2. The van der Waals surface area contributed by atoms with Gasteiger partial charge in [0.25, 0.3) is 0 Å². The Kier molecular flexibility index (Phi) is 11.3. The van der Waals surface area contributed by atoms with Crippen LogP contribution >= 0.6 is 24.0 Å². The van der Waals surface area contributed by atoms with Crippen LogP contribution in [-0.4, -0.2) is 38.6 Å². The van der Waals surface area contributed by atoms with E-state index < -0.39 is 0 Å². The van der Waals surface area contributed by atoms with Crippen molar-refractivity contribution in [3.63, 3.8) is 0 Å². The number of unbranched alkanes of at least 4 members (excludes halogenated alkanes) is 1. The third-order valence-corrected chi connectivity index (χ3v) is 3.17. The van der Waals surface area contributed by atoms with Gasteiger partial charge >= 0.3 is 0 Å². The molecule has 1 aromatic carbocycles. The smallest absolute Gasteiger partial charge is 0.193 e. The topological polar surface area (TPSA) is 36.9 Å². The minimum absolute atomic E-state index is 0. The molecule has 0 aliphatic rings. The quantitative estimate of drug-likeness (QED) is 0.430. The van der Waals surface area contributed by atoms with E-state index in [1.165, 1.54) is 24.0 Å². The molecule has 0 spiro atoms. The molecule has 1 rings (SSSR count). The molecule has 0 amide bonds. The highest BCUT2D eigenvalue weighted by molar-refractivity contribution is 14.0. The van der Waals surface area contributed by atoms with Gasteiger partial charge < -0.3 is 15.0 Å². The average Bonchev–Trinajstić information content (AvgIpc) is 2.46. The molecular weight excluding hydrogens is 377 g/mol. The van der Waals surface area contributed by atoms with E-state index in [0.717, 1.165) is 19.0 Å². The van der Waals surface area contributed by atoms with Gasteiger partial charge in [-0.05, 0) is 17.5 Å². The first-order chi connectivity index (χ1) is 9.71. The van der Waals surface area contributed by atoms with Gasteiger partial charge in [0.05, 0.1) is 6.61 Å². The maximum Gasteiger partial charge on any atom is 0.193 e. The number of benzene rings is 1. The van der Waals surface area contributed by atoms with Gasteiger partial charge in [-0.3, -0.25) is 4.99 Å². The van der Waals surface area contributed by atoms with Gasteiger partial charge in [-0.15, -0.1) is 24.0 Å². The van der Waals surface area contributed by atoms with Crippen molar-refractivity contribution in [2.75, 3.05) is 27.7 Å². The highest BCUT2D eigenvalue weighted by Crippen LogP contribution is 2.06. The van der Waals surface area contributed by atoms with Crippen molar-refractivity contribution in [3.8, 4) is 0 Å². The summed E-state index contributed by atoms with van der Waals surface area (Å²) in [6.45, 7) is 4.66. The summed E-state index contributed by atoms with van der Waals surface area (Å²) >= 11 is 0. The Labute approximate surface area is 146 Å². The van der Waals surface area contributed by atoms with Crippen LogP contribution in [0, 0.1) is 0 Å². The summed E-state index contributed by atoms with van der Waals surface area (Å²) < 4.78 is 5.16. The Bertz CT molecular complexity index is 424. The van der Waals surface area contributed by atoms with E-state index in [9.17, 15) is 0 Å². The largest absolute Gasteiger partial charge is 0.380 e. The lowest BCUT2D eigenvalue weighted by Gasteiger charge is -2.22. The lowest BCUT2D eigenvalue weighted by Crippen LogP contribution is -2.38. The molecule has 5 heteroatoms. The average molecular weight is 405 g/mol. The first-order valence-corrected chi connectivity index (χ1v) is 7.19. The van der Waals surface area contributed by atoms with E-state index in [-0.39, 0.29) is 24.0 Å². The van der Waals surface area contributed by atoms with Gasteiger partial charge in [0, 0.05) is 34.3 Å². The van der Waals surface area contributed by atoms with Crippen LogP contribution in [0.25, 0.3) is 0 Å². The van der Waals surface area contributed by atoms with Crippen LogP contribution < -0.4 is 5.32 Å². The number of hydrogen-bond acceptors (Lipinski definition) is 2. The van der Waals surface area contributed by atoms with Crippen LogP contribution in [0.1, 0.15) is 30.9 Å². The Hall–Kier alpha value is -0.820. The lowest BCUT2D eigenvalue weighted by molar-refractivity contribution is 0.185. The Balaban J connectivity index is 0.00000400. The SMILES string of the molecule is CCCCN(C)C(=NC)NCc1cccc(COC)c1.I. The molecule has 120 valence electrons. The number of aliphatic imine (C=N–C) groups is 1. The van der Waals surface area contributed by atoms with Crippen molar-refractivity contribution in [1.29, 1.82) is 0 Å². The molecule has 4 nitrogen and oxygen atoms in total. The molecule has 21 heavy (non-hydrogen) atoms. The number of guanidine groups is 1. The zero-order valence-electron chi connectivity index (χ0n) is 13.6.